The van der Waals surface area contributed by atoms with E-state index in [-0.39, 0.29) is 0 Å². The van der Waals surface area contributed by atoms with Crippen molar-refractivity contribution in [2.24, 2.45) is 0 Å². The summed E-state index contributed by atoms with van der Waals surface area (Å²) in [5.74, 6) is 1.77. The van der Waals surface area contributed by atoms with Gasteiger partial charge in [-0.25, -0.2) is 0 Å². The van der Waals surface area contributed by atoms with Crippen molar-refractivity contribution in [2.75, 3.05) is 0 Å². The summed E-state index contributed by atoms with van der Waals surface area (Å²) in [6, 6.07) is 13.2. The van der Waals surface area contributed by atoms with Crippen LogP contribution in [0.2, 0.25) is 13.1 Å². The van der Waals surface area contributed by atoms with Crippen LogP contribution in [0.1, 0.15) is 57.3 Å². The average molecular weight is 315 g/mol. The van der Waals surface area contributed by atoms with Crippen LogP contribution in [0.15, 0.2) is 40.8 Å². The van der Waals surface area contributed by atoms with Crippen LogP contribution in [0.5, 0.6) is 0 Å². The SMILES string of the molecule is CCCCCc1oc([Si](C)(C)c2ccccc2)cc1C(C)C. The second kappa shape index (κ2) is 7.32. The average Bonchev–Trinajstić information content (AvgIpc) is 2.94. The Labute approximate surface area is 136 Å². The number of benzene rings is 1. The zero-order chi connectivity index (χ0) is 16.2. The maximum atomic E-state index is 6.40. The fraction of sp³-hybridized carbons (Fsp3) is 0.500. The molecule has 0 fully saturated rings. The van der Waals surface area contributed by atoms with Gasteiger partial charge < -0.3 is 4.42 Å². The van der Waals surface area contributed by atoms with Gasteiger partial charge in [-0.05, 0) is 24.0 Å². The highest BCUT2D eigenvalue weighted by Gasteiger charge is 2.31. The fourth-order valence-electron chi connectivity index (χ4n) is 2.97. The molecule has 0 bridgehead atoms. The van der Waals surface area contributed by atoms with Crippen LogP contribution in [0.25, 0.3) is 0 Å². The topological polar surface area (TPSA) is 13.1 Å². The lowest BCUT2D eigenvalue weighted by atomic mass is 10.0. The van der Waals surface area contributed by atoms with Crippen molar-refractivity contribution in [2.45, 2.75) is 65.5 Å². The predicted octanol–water partition coefficient (Wildman–Crippen LogP) is 4.96. The van der Waals surface area contributed by atoms with Crippen molar-refractivity contribution in [3.63, 3.8) is 0 Å². The summed E-state index contributed by atoms with van der Waals surface area (Å²) < 4.78 is 6.40. The van der Waals surface area contributed by atoms with Gasteiger partial charge in [0, 0.05) is 6.42 Å². The first-order chi connectivity index (χ1) is 10.5. The van der Waals surface area contributed by atoms with Crippen LogP contribution in [-0.2, 0) is 6.42 Å². The van der Waals surface area contributed by atoms with Gasteiger partial charge in [-0.3, -0.25) is 0 Å². The molecule has 22 heavy (non-hydrogen) atoms. The highest BCUT2D eigenvalue weighted by atomic mass is 28.3. The molecule has 2 heteroatoms. The molecule has 0 N–H and O–H groups in total. The second-order valence-corrected chi connectivity index (χ2v) is 11.4. The maximum absolute atomic E-state index is 6.40. The Morgan fingerprint density at radius 3 is 2.32 bits per heavy atom. The molecule has 0 saturated carbocycles. The van der Waals surface area contributed by atoms with E-state index >= 15 is 0 Å². The summed E-state index contributed by atoms with van der Waals surface area (Å²) in [6.07, 6.45) is 4.86. The van der Waals surface area contributed by atoms with E-state index in [0.29, 0.717) is 5.92 Å². The van der Waals surface area contributed by atoms with E-state index in [1.807, 2.05) is 0 Å². The Morgan fingerprint density at radius 2 is 1.73 bits per heavy atom. The number of hydrogen-bond donors (Lipinski definition) is 0. The highest BCUT2D eigenvalue weighted by Crippen LogP contribution is 2.23. The Kier molecular flexibility index (Phi) is 5.68. The minimum absolute atomic E-state index is 0.537. The van der Waals surface area contributed by atoms with Crippen molar-refractivity contribution in [3.8, 4) is 0 Å². The summed E-state index contributed by atoms with van der Waals surface area (Å²) in [4.78, 5) is 0. The first kappa shape index (κ1) is 17.1. The van der Waals surface area contributed by atoms with E-state index < -0.39 is 8.07 Å². The number of hydrogen-bond acceptors (Lipinski definition) is 1. The van der Waals surface area contributed by atoms with Crippen LogP contribution in [0.3, 0.4) is 0 Å². The van der Waals surface area contributed by atoms with Crippen molar-refractivity contribution < 1.29 is 4.42 Å². The lowest BCUT2D eigenvalue weighted by molar-refractivity contribution is 0.510. The van der Waals surface area contributed by atoms with Crippen molar-refractivity contribution in [1.29, 1.82) is 0 Å². The minimum Gasteiger partial charge on any atom is -0.470 e. The molecule has 1 heterocycles. The molecule has 2 aromatic rings. The third-order valence-corrected chi connectivity index (χ3v) is 7.84. The summed E-state index contributed by atoms with van der Waals surface area (Å²) in [7, 11) is -1.73. The zero-order valence-electron chi connectivity index (χ0n) is 14.8. The molecule has 0 unspecified atom stereocenters. The Morgan fingerprint density at radius 1 is 1.05 bits per heavy atom. The van der Waals surface area contributed by atoms with E-state index in [1.54, 1.807) is 0 Å². The summed E-state index contributed by atoms with van der Waals surface area (Å²) in [5, 5.41) is 2.67. The van der Waals surface area contributed by atoms with E-state index in [2.05, 4.69) is 70.3 Å². The molecule has 2 rings (SSSR count). The molecule has 120 valence electrons. The zero-order valence-corrected chi connectivity index (χ0v) is 15.8. The third-order valence-electron chi connectivity index (χ3n) is 4.58. The van der Waals surface area contributed by atoms with Crippen molar-refractivity contribution >= 4 is 18.6 Å². The van der Waals surface area contributed by atoms with E-state index in [4.69, 9.17) is 4.42 Å². The predicted molar refractivity (Wildman–Crippen MR) is 99.2 cm³/mol. The fourth-order valence-corrected chi connectivity index (χ4v) is 5.17. The van der Waals surface area contributed by atoms with Gasteiger partial charge in [0.15, 0.2) is 8.07 Å². The molecule has 0 amide bonds. The molecule has 0 atom stereocenters. The molecule has 0 spiro atoms. The van der Waals surface area contributed by atoms with Gasteiger partial charge in [0.2, 0.25) is 0 Å². The first-order valence-electron chi connectivity index (χ1n) is 8.65. The van der Waals surface area contributed by atoms with Crippen LogP contribution in [0.4, 0.5) is 0 Å². The molecule has 0 aliphatic carbocycles. The quantitative estimate of drug-likeness (QED) is 0.520. The summed E-state index contributed by atoms with van der Waals surface area (Å²) in [5.41, 5.74) is 1.42. The smallest absolute Gasteiger partial charge is 0.156 e. The van der Waals surface area contributed by atoms with Crippen molar-refractivity contribution in [1.82, 2.24) is 0 Å². The maximum Gasteiger partial charge on any atom is 0.156 e. The molecule has 1 aromatic carbocycles. The van der Waals surface area contributed by atoms with E-state index in [9.17, 15) is 0 Å². The van der Waals surface area contributed by atoms with Gasteiger partial charge in [-0.1, -0.05) is 82.2 Å². The number of aryl methyl sites for hydroxylation is 1. The van der Waals surface area contributed by atoms with Crippen LogP contribution < -0.4 is 10.6 Å². The van der Waals surface area contributed by atoms with Crippen molar-refractivity contribution in [3.05, 3.63) is 47.7 Å². The summed E-state index contributed by atoms with van der Waals surface area (Å²) >= 11 is 0. The number of furan rings is 1. The van der Waals surface area contributed by atoms with Gasteiger partial charge in [0.25, 0.3) is 0 Å². The first-order valence-corrected chi connectivity index (χ1v) is 11.7. The van der Waals surface area contributed by atoms with E-state index in [0.717, 1.165) is 6.42 Å². The largest absolute Gasteiger partial charge is 0.470 e. The molecular formula is C20H30OSi. The molecule has 0 aliphatic rings. The Bertz CT molecular complexity index is 581. The lowest BCUT2D eigenvalue weighted by Gasteiger charge is -2.20. The molecule has 0 radical (unpaired) electrons. The Hall–Kier alpha value is -1.28. The van der Waals surface area contributed by atoms with Crippen LogP contribution in [-0.4, -0.2) is 8.07 Å². The molecule has 1 aromatic heterocycles. The number of rotatable bonds is 7. The standard InChI is InChI=1S/C20H30OSi/c1-6-7-9-14-19-18(16(2)3)15-20(21-19)22(4,5)17-12-10-8-11-13-17/h8,10-13,15-16H,6-7,9,14H2,1-5H3. The van der Waals surface area contributed by atoms with Gasteiger partial charge in [-0.15, -0.1) is 0 Å². The van der Waals surface area contributed by atoms with E-state index in [1.165, 1.54) is 41.2 Å². The lowest BCUT2D eigenvalue weighted by Crippen LogP contribution is -2.52. The number of unbranched alkanes of at least 4 members (excludes halogenated alkanes) is 2. The summed E-state index contributed by atoms with van der Waals surface area (Å²) in [6.45, 7) is 11.6. The van der Waals surface area contributed by atoms with Gasteiger partial charge >= 0.3 is 0 Å². The molecular weight excluding hydrogens is 284 g/mol. The Balaban J connectivity index is 2.33. The molecule has 0 aliphatic heterocycles. The highest BCUT2D eigenvalue weighted by molar-refractivity contribution is 6.99. The monoisotopic (exact) mass is 314 g/mol. The molecule has 0 saturated heterocycles. The van der Waals surface area contributed by atoms with Gasteiger partial charge in [0.05, 0.1) is 5.38 Å². The van der Waals surface area contributed by atoms with Gasteiger partial charge in [-0.2, -0.15) is 0 Å². The van der Waals surface area contributed by atoms with Crippen LogP contribution >= 0.6 is 0 Å². The van der Waals surface area contributed by atoms with Gasteiger partial charge in [0.1, 0.15) is 5.76 Å². The second-order valence-electron chi connectivity index (χ2n) is 7.09. The third kappa shape index (κ3) is 3.72. The minimum atomic E-state index is -1.73. The molecule has 1 nitrogen and oxygen atoms in total. The normalized spacial score (nSPS) is 12.1. The van der Waals surface area contributed by atoms with Crippen LogP contribution in [0, 0.1) is 0 Å².